The Hall–Kier alpha value is -1.22. The van der Waals surface area contributed by atoms with E-state index in [9.17, 15) is 0 Å². The number of nitrogens with one attached hydrogen (secondary N) is 1. The van der Waals surface area contributed by atoms with Crippen molar-refractivity contribution >= 4 is 0 Å². The average Bonchev–Trinajstić information content (AvgIpc) is 2.27. The van der Waals surface area contributed by atoms with Crippen molar-refractivity contribution < 1.29 is 9.47 Å². The maximum Gasteiger partial charge on any atom is 0.122 e. The molecule has 3 nitrogen and oxygen atoms in total. The van der Waals surface area contributed by atoms with E-state index in [1.165, 1.54) is 5.56 Å². The Balaban J connectivity index is 2.25. The SMILES string of the molecule is CNC1COc2ccc(OC)cc2C1. The zero-order valence-corrected chi connectivity index (χ0v) is 8.54. The number of fused-ring (bicyclic) bond motifs is 1. The highest BCUT2D eigenvalue weighted by Gasteiger charge is 2.18. The fraction of sp³-hybridized carbons (Fsp3) is 0.455. The fourth-order valence-corrected chi connectivity index (χ4v) is 1.68. The summed E-state index contributed by atoms with van der Waals surface area (Å²) < 4.78 is 10.8. The normalized spacial score (nSPS) is 19.7. The highest BCUT2D eigenvalue weighted by atomic mass is 16.5. The molecular weight excluding hydrogens is 178 g/mol. The lowest BCUT2D eigenvalue weighted by atomic mass is 10.0. The smallest absolute Gasteiger partial charge is 0.122 e. The van der Waals surface area contributed by atoms with Gasteiger partial charge in [-0.1, -0.05) is 0 Å². The van der Waals surface area contributed by atoms with Crippen LogP contribution in [0.1, 0.15) is 5.56 Å². The molecule has 1 aliphatic rings. The Labute approximate surface area is 84.0 Å². The van der Waals surface area contributed by atoms with Gasteiger partial charge in [-0.15, -0.1) is 0 Å². The molecule has 1 unspecified atom stereocenters. The van der Waals surface area contributed by atoms with E-state index in [1.54, 1.807) is 7.11 Å². The molecule has 0 saturated carbocycles. The highest BCUT2D eigenvalue weighted by Crippen LogP contribution is 2.28. The second-order valence-electron chi connectivity index (χ2n) is 3.47. The number of ether oxygens (including phenoxy) is 2. The molecule has 1 N–H and O–H groups in total. The highest BCUT2D eigenvalue weighted by molar-refractivity contribution is 5.41. The summed E-state index contributed by atoms with van der Waals surface area (Å²) in [5.41, 5.74) is 1.22. The summed E-state index contributed by atoms with van der Waals surface area (Å²) in [6.45, 7) is 0.746. The van der Waals surface area contributed by atoms with Crippen LogP contribution in [0.2, 0.25) is 0 Å². The van der Waals surface area contributed by atoms with Crippen molar-refractivity contribution in [2.45, 2.75) is 12.5 Å². The summed E-state index contributed by atoms with van der Waals surface area (Å²) in [7, 11) is 3.64. The van der Waals surface area contributed by atoms with Crippen molar-refractivity contribution in [1.29, 1.82) is 0 Å². The van der Waals surface area contributed by atoms with Crippen molar-refractivity contribution in [3.05, 3.63) is 23.8 Å². The molecule has 0 radical (unpaired) electrons. The van der Waals surface area contributed by atoms with Crippen LogP contribution in [-0.4, -0.2) is 26.8 Å². The second kappa shape index (κ2) is 3.88. The van der Waals surface area contributed by atoms with E-state index in [4.69, 9.17) is 9.47 Å². The van der Waals surface area contributed by atoms with Gasteiger partial charge in [0.15, 0.2) is 0 Å². The molecule has 1 atom stereocenters. The molecule has 3 heteroatoms. The minimum absolute atomic E-state index is 0.412. The predicted molar refractivity (Wildman–Crippen MR) is 55.0 cm³/mol. The van der Waals surface area contributed by atoms with Crippen LogP contribution in [0.5, 0.6) is 11.5 Å². The molecule has 1 aromatic rings. The molecule has 1 aromatic carbocycles. The van der Waals surface area contributed by atoms with Gasteiger partial charge in [0, 0.05) is 6.04 Å². The number of benzene rings is 1. The lowest BCUT2D eigenvalue weighted by Gasteiger charge is -2.25. The van der Waals surface area contributed by atoms with Gasteiger partial charge < -0.3 is 14.8 Å². The van der Waals surface area contributed by atoms with Crippen molar-refractivity contribution in [3.63, 3.8) is 0 Å². The molecule has 0 aliphatic carbocycles. The van der Waals surface area contributed by atoms with Crippen molar-refractivity contribution in [2.75, 3.05) is 20.8 Å². The van der Waals surface area contributed by atoms with Crippen LogP contribution >= 0.6 is 0 Å². The zero-order valence-electron chi connectivity index (χ0n) is 8.54. The van der Waals surface area contributed by atoms with E-state index in [2.05, 4.69) is 5.32 Å². The fourth-order valence-electron chi connectivity index (χ4n) is 1.68. The first-order valence-electron chi connectivity index (χ1n) is 4.80. The summed E-state index contributed by atoms with van der Waals surface area (Å²) in [5.74, 6) is 1.88. The maximum atomic E-state index is 5.61. The Kier molecular flexibility index (Phi) is 2.59. The van der Waals surface area contributed by atoms with Crippen LogP contribution in [0.3, 0.4) is 0 Å². The second-order valence-corrected chi connectivity index (χ2v) is 3.47. The molecule has 0 fully saturated rings. The molecule has 0 saturated heterocycles. The van der Waals surface area contributed by atoms with Crippen LogP contribution < -0.4 is 14.8 Å². The topological polar surface area (TPSA) is 30.5 Å². The van der Waals surface area contributed by atoms with Gasteiger partial charge >= 0.3 is 0 Å². The third kappa shape index (κ3) is 1.68. The van der Waals surface area contributed by atoms with E-state index in [1.807, 2.05) is 25.2 Å². The Bertz CT molecular complexity index is 325. The quantitative estimate of drug-likeness (QED) is 0.766. The van der Waals surface area contributed by atoms with Crippen LogP contribution in [-0.2, 0) is 6.42 Å². The molecule has 1 aliphatic heterocycles. The average molecular weight is 193 g/mol. The molecule has 0 bridgehead atoms. The third-order valence-electron chi connectivity index (χ3n) is 2.58. The van der Waals surface area contributed by atoms with Gasteiger partial charge in [-0.25, -0.2) is 0 Å². The first-order chi connectivity index (χ1) is 6.83. The summed E-state index contributed by atoms with van der Waals surface area (Å²) in [4.78, 5) is 0. The van der Waals surface area contributed by atoms with Crippen molar-refractivity contribution in [3.8, 4) is 11.5 Å². The monoisotopic (exact) mass is 193 g/mol. The van der Waals surface area contributed by atoms with E-state index in [0.717, 1.165) is 24.5 Å². The zero-order chi connectivity index (χ0) is 9.97. The van der Waals surface area contributed by atoms with Gasteiger partial charge in [0.25, 0.3) is 0 Å². The Morgan fingerprint density at radius 2 is 2.36 bits per heavy atom. The molecular formula is C11H15NO2. The number of rotatable bonds is 2. The largest absolute Gasteiger partial charge is 0.497 e. The first kappa shape index (κ1) is 9.34. The summed E-state index contributed by atoms with van der Waals surface area (Å²) in [6.07, 6.45) is 1.00. The van der Waals surface area contributed by atoms with Gasteiger partial charge in [0.1, 0.15) is 18.1 Å². The number of likely N-dealkylation sites (N-methyl/N-ethyl adjacent to an activating group) is 1. The van der Waals surface area contributed by atoms with Gasteiger partial charge in [-0.3, -0.25) is 0 Å². The molecule has 0 aromatic heterocycles. The van der Waals surface area contributed by atoms with Crippen LogP contribution in [0.15, 0.2) is 18.2 Å². The summed E-state index contributed by atoms with van der Waals surface area (Å²) >= 11 is 0. The minimum atomic E-state index is 0.412. The molecule has 2 rings (SSSR count). The minimum Gasteiger partial charge on any atom is -0.497 e. The third-order valence-corrected chi connectivity index (χ3v) is 2.58. The van der Waals surface area contributed by atoms with E-state index < -0.39 is 0 Å². The lowest BCUT2D eigenvalue weighted by molar-refractivity contribution is 0.245. The molecule has 0 amide bonds. The number of hydrogen-bond donors (Lipinski definition) is 1. The Morgan fingerprint density at radius 1 is 1.50 bits per heavy atom. The number of methoxy groups -OCH3 is 1. The number of hydrogen-bond acceptors (Lipinski definition) is 3. The first-order valence-corrected chi connectivity index (χ1v) is 4.80. The van der Waals surface area contributed by atoms with Gasteiger partial charge in [-0.05, 0) is 37.2 Å². The van der Waals surface area contributed by atoms with Crippen molar-refractivity contribution in [1.82, 2.24) is 5.32 Å². The van der Waals surface area contributed by atoms with Crippen molar-refractivity contribution in [2.24, 2.45) is 0 Å². The van der Waals surface area contributed by atoms with Crippen LogP contribution in [0.4, 0.5) is 0 Å². The molecule has 76 valence electrons. The maximum absolute atomic E-state index is 5.61. The Morgan fingerprint density at radius 3 is 3.07 bits per heavy atom. The summed E-state index contributed by atoms with van der Waals surface area (Å²) in [6, 6.07) is 6.35. The van der Waals surface area contributed by atoms with Crippen LogP contribution in [0.25, 0.3) is 0 Å². The van der Waals surface area contributed by atoms with E-state index >= 15 is 0 Å². The van der Waals surface area contributed by atoms with Crippen LogP contribution in [0, 0.1) is 0 Å². The molecule has 14 heavy (non-hydrogen) atoms. The lowest BCUT2D eigenvalue weighted by Crippen LogP contribution is -2.36. The standard InChI is InChI=1S/C11H15NO2/c1-12-9-5-8-6-10(13-2)3-4-11(8)14-7-9/h3-4,6,9,12H,5,7H2,1-2H3. The van der Waals surface area contributed by atoms with Gasteiger partial charge in [-0.2, -0.15) is 0 Å². The molecule has 1 heterocycles. The predicted octanol–water partition coefficient (Wildman–Crippen LogP) is 1.22. The van der Waals surface area contributed by atoms with E-state index in [-0.39, 0.29) is 0 Å². The molecule has 0 spiro atoms. The van der Waals surface area contributed by atoms with Gasteiger partial charge in [0.2, 0.25) is 0 Å². The van der Waals surface area contributed by atoms with Gasteiger partial charge in [0.05, 0.1) is 7.11 Å². The summed E-state index contributed by atoms with van der Waals surface area (Å²) in [5, 5.41) is 3.22. The van der Waals surface area contributed by atoms with E-state index in [0.29, 0.717) is 6.04 Å².